The van der Waals surface area contributed by atoms with Crippen molar-refractivity contribution >= 4 is 13.4 Å². The van der Waals surface area contributed by atoms with Crippen molar-refractivity contribution in [1.29, 1.82) is 0 Å². The first kappa shape index (κ1) is 16.4. The van der Waals surface area contributed by atoms with Crippen molar-refractivity contribution < 1.29 is 24.6 Å². The highest BCUT2D eigenvalue weighted by Gasteiger charge is 2.15. The van der Waals surface area contributed by atoms with Crippen molar-refractivity contribution in [3.63, 3.8) is 0 Å². The van der Waals surface area contributed by atoms with Crippen LogP contribution in [-0.4, -0.2) is 20.0 Å². The van der Waals surface area contributed by atoms with E-state index in [0.717, 1.165) is 5.56 Å². The van der Waals surface area contributed by atoms with E-state index < -0.39 is 7.75 Å². The number of hydrogen-bond acceptors (Lipinski definition) is 3. The van der Waals surface area contributed by atoms with Gasteiger partial charge in [-0.15, -0.1) is 0 Å². The second kappa shape index (κ2) is 6.83. The van der Waals surface area contributed by atoms with Crippen LogP contribution in [0.15, 0.2) is 42.5 Å². The van der Waals surface area contributed by atoms with Gasteiger partial charge in [0.25, 0.3) is 0 Å². The van der Waals surface area contributed by atoms with Gasteiger partial charge < -0.3 is 20.0 Å². The molecule has 0 radical (unpaired) electrons. The Balaban J connectivity index is 2.05. The predicted molar refractivity (Wildman–Crippen MR) is 83.9 cm³/mol. The monoisotopic (exact) mass is 323 g/mol. The molecular weight excluding hydrogens is 305 g/mol. The van der Waals surface area contributed by atoms with E-state index >= 15 is 0 Å². The van der Waals surface area contributed by atoms with Gasteiger partial charge in [0.05, 0.1) is 0 Å². The first-order valence-electron chi connectivity index (χ1n) is 6.77. The number of anilines is 1. The lowest BCUT2D eigenvalue weighted by Gasteiger charge is -2.13. The molecule has 0 aliphatic carbocycles. The lowest BCUT2D eigenvalue weighted by Crippen LogP contribution is -2.00. The zero-order valence-corrected chi connectivity index (χ0v) is 12.7. The van der Waals surface area contributed by atoms with Gasteiger partial charge in [-0.3, -0.25) is 5.09 Å². The lowest BCUT2D eigenvalue weighted by molar-refractivity contribution is 0.380. The van der Waals surface area contributed by atoms with Gasteiger partial charge in [-0.2, -0.15) is 0 Å². The maximum Gasteiger partial charge on any atom is 0.427 e. The Morgan fingerprint density at radius 1 is 0.955 bits per heavy atom. The molecule has 2 aromatic rings. The molecule has 0 fully saturated rings. The SMILES string of the molecule is O=P(O)(O)Nc1ccc(O)cc1CCCc1cccc(O)c1. The molecule has 0 bridgehead atoms. The standard InChI is InChI=1S/C15H18NO5P/c17-13-6-2-4-11(9-13)3-1-5-12-10-14(18)7-8-15(12)16-22(19,20)21/h2,4,6-10,17-18H,1,3,5H2,(H3,16,19,20,21). The van der Waals surface area contributed by atoms with Gasteiger partial charge in [0, 0.05) is 5.69 Å². The average molecular weight is 323 g/mol. The van der Waals surface area contributed by atoms with Gasteiger partial charge in [0.15, 0.2) is 0 Å². The van der Waals surface area contributed by atoms with E-state index in [0.29, 0.717) is 30.5 Å². The number of rotatable bonds is 6. The molecule has 118 valence electrons. The van der Waals surface area contributed by atoms with E-state index in [9.17, 15) is 14.8 Å². The number of phenols is 2. The van der Waals surface area contributed by atoms with Gasteiger partial charge in [0.1, 0.15) is 11.5 Å². The van der Waals surface area contributed by atoms with E-state index in [1.807, 2.05) is 6.07 Å². The van der Waals surface area contributed by atoms with Crippen molar-refractivity contribution in [3.05, 3.63) is 53.6 Å². The second-order valence-electron chi connectivity index (χ2n) is 5.02. The zero-order valence-electron chi connectivity index (χ0n) is 11.8. The molecule has 0 atom stereocenters. The molecule has 0 saturated carbocycles. The van der Waals surface area contributed by atoms with Crippen LogP contribution in [0.5, 0.6) is 11.5 Å². The summed E-state index contributed by atoms with van der Waals surface area (Å²) in [6.45, 7) is 0. The largest absolute Gasteiger partial charge is 0.508 e. The Morgan fingerprint density at radius 3 is 2.36 bits per heavy atom. The van der Waals surface area contributed by atoms with Crippen LogP contribution in [0.1, 0.15) is 17.5 Å². The Bertz CT molecular complexity index is 698. The predicted octanol–water partition coefficient (Wildman–Crippen LogP) is 2.78. The highest BCUT2D eigenvalue weighted by Crippen LogP contribution is 2.37. The van der Waals surface area contributed by atoms with Crippen molar-refractivity contribution in [2.24, 2.45) is 0 Å². The molecule has 5 N–H and O–H groups in total. The molecule has 0 heterocycles. The molecule has 2 rings (SSSR count). The van der Waals surface area contributed by atoms with Crippen molar-refractivity contribution in [2.75, 3.05) is 5.09 Å². The van der Waals surface area contributed by atoms with Crippen molar-refractivity contribution in [3.8, 4) is 11.5 Å². The van der Waals surface area contributed by atoms with Gasteiger partial charge in [-0.05, 0) is 60.7 Å². The van der Waals surface area contributed by atoms with E-state index in [1.54, 1.807) is 18.2 Å². The molecule has 22 heavy (non-hydrogen) atoms. The van der Waals surface area contributed by atoms with Crippen LogP contribution in [0.4, 0.5) is 5.69 Å². The fraction of sp³-hybridized carbons (Fsp3) is 0.200. The minimum Gasteiger partial charge on any atom is -0.508 e. The highest BCUT2D eigenvalue weighted by molar-refractivity contribution is 7.53. The third-order valence-corrected chi connectivity index (χ3v) is 3.71. The summed E-state index contributed by atoms with van der Waals surface area (Å²) >= 11 is 0. The fourth-order valence-corrected chi connectivity index (χ4v) is 2.78. The fourth-order valence-electron chi connectivity index (χ4n) is 2.25. The summed E-state index contributed by atoms with van der Waals surface area (Å²) in [7, 11) is -4.39. The van der Waals surface area contributed by atoms with Crippen LogP contribution in [0.2, 0.25) is 0 Å². The van der Waals surface area contributed by atoms with E-state index in [-0.39, 0.29) is 11.5 Å². The highest BCUT2D eigenvalue weighted by atomic mass is 31.2. The first-order valence-corrected chi connectivity index (χ1v) is 8.38. The number of hydrogen-bond donors (Lipinski definition) is 5. The molecular formula is C15H18NO5P. The summed E-state index contributed by atoms with van der Waals surface area (Å²) < 4.78 is 11.1. The summed E-state index contributed by atoms with van der Waals surface area (Å²) in [5.74, 6) is 0.252. The van der Waals surface area contributed by atoms with Crippen molar-refractivity contribution in [1.82, 2.24) is 0 Å². The van der Waals surface area contributed by atoms with E-state index in [1.165, 1.54) is 18.2 Å². The van der Waals surface area contributed by atoms with Gasteiger partial charge >= 0.3 is 7.75 Å². The number of nitrogens with one attached hydrogen (secondary N) is 1. The lowest BCUT2D eigenvalue weighted by atomic mass is 10.0. The minimum atomic E-state index is -4.39. The smallest absolute Gasteiger partial charge is 0.427 e. The van der Waals surface area contributed by atoms with Crippen LogP contribution >= 0.6 is 7.75 Å². The maximum atomic E-state index is 11.1. The van der Waals surface area contributed by atoms with Gasteiger partial charge in [-0.25, -0.2) is 4.57 Å². The molecule has 0 aromatic heterocycles. The molecule has 0 aliphatic heterocycles. The normalized spacial score (nSPS) is 11.4. The topological polar surface area (TPSA) is 110 Å². The van der Waals surface area contributed by atoms with Crippen LogP contribution in [0.25, 0.3) is 0 Å². The van der Waals surface area contributed by atoms with E-state index in [2.05, 4.69) is 5.09 Å². The summed E-state index contributed by atoms with van der Waals surface area (Å²) in [6, 6.07) is 11.2. The Morgan fingerprint density at radius 2 is 1.68 bits per heavy atom. The minimum absolute atomic E-state index is 0.0450. The molecule has 0 spiro atoms. The summed E-state index contributed by atoms with van der Waals surface area (Å²) in [5, 5.41) is 21.1. The van der Waals surface area contributed by atoms with Crippen LogP contribution in [0.3, 0.4) is 0 Å². The molecule has 2 aromatic carbocycles. The Kier molecular flexibility index (Phi) is 5.08. The van der Waals surface area contributed by atoms with Gasteiger partial charge in [0.2, 0.25) is 0 Å². The molecule has 0 unspecified atom stereocenters. The zero-order chi connectivity index (χ0) is 16.2. The Hall–Kier alpha value is -2.01. The van der Waals surface area contributed by atoms with Crippen LogP contribution in [-0.2, 0) is 17.4 Å². The second-order valence-corrected chi connectivity index (χ2v) is 6.33. The third kappa shape index (κ3) is 5.07. The van der Waals surface area contributed by atoms with Crippen LogP contribution in [0, 0.1) is 0 Å². The van der Waals surface area contributed by atoms with Crippen LogP contribution < -0.4 is 5.09 Å². The molecule has 7 heteroatoms. The molecule has 6 nitrogen and oxygen atoms in total. The number of aryl methyl sites for hydroxylation is 2. The van der Waals surface area contributed by atoms with Gasteiger partial charge in [-0.1, -0.05) is 12.1 Å². The summed E-state index contributed by atoms with van der Waals surface area (Å²) in [4.78, 5) is 18.0. The van der Waals surface area contributed by atoms with Crippen molar-refractivity contribution in [2.45, 2.75) is 19.3 Å². The van der Waals surface area contributed by atoms with E-state index in [4.69, 9.17) is 9.79 Å². The molecule has 0 aliphatic rings. The first-order chi connectivity index (χ1) is 10.3. The number of aromatic hydroxyl groups is 2. The molecule has 0 amide bonds. The summed E-state index contributed by atoms with van der Waals surface area (Å²) in [5.41, 5.74) is 1.91. The molecule has 0 saturated heterocycles. The Labute approximate surface area is 128 Å². The summed E-state index contributed by atoms with van der Waals surface area (Å²) in [6.07, 6.45) is 1.95. The maximum absolute atomic E-state index is 11.1. The quantitative estimate of drug-likeness (QED) is 0.413. The number of phenolic OH excluding ortho intramolecular Hbond substituents is 2. The average Bonchev–Trinajstić information content (AvgIpc) is 2.40. The third-order valence-electron chi connectivity index (χ3n) is 3.18. The number of benzene rings is 2.